The lowest BCUT2D eigenvalue weighted by molar-refractivity contribution is -0.123. The van der Waals surface area contributed by atoms with Crippen molar-refractivity contribution in [3.8, 4) is 11.4 Å². The van der Waals surface area contributed by atoms with E-state index in [1.807, 2.05) is 0 Å². The first-order chi connectivity index (χ1) is 10.9. The molecule has 1 unspecified atom stereocenters. The molecule has 3 amide bonds. The number of aromatic nitrogens is 4. The summed E-state index contributed by atoms with van der Waals surface area (Å²) in [4.78, 5) is 24.4. The number of carbonyl (C=O) groups excluding carboxylic acids is 2. The topological polar surface area (TPSA) is 102 Å². The number of amides is 3. The van der Waals surface area contributed by atoms with E-state index in [-0.39, 0.29) is 11.6 Å². The number of rotatable bonds is 4. The Bertz CT molecular complexity index is 730. The van der Waals surface area contributed by atoms with E-state index in [9.17, 15) is 14.0 Å². The Morgan fingerprint density at radius 3 is 2.78 bits per heavy atom. The molecule has 1 aromatic carbocycles. The summed E-state index contributed by atoms with van der Waals surface area (Å²) in [5, 5.41) is 16.4. The number of imide groups is 1. The molecule has 23 heavy (non-hydrogen) atoms. The zero-order chi connectivity index (χ0) is 17.0. The average molecular weight is 320 g/mol. The maximum Gasteiger partial charge on any atom is 0.321 e. The summed E-state index contributed by atoms with van der Waals surface area (Å²) in [5.74, 6) is -0.614. The van der Waals surface area contributed by atoms with Crippen molar-refractivity contribution in [3.05, 3.63) is 29.6 Å². The van der Waals surface area contributed by atoms with Gasteiger partial charge in [-0.2, -0.15) is 4.80 Å². The lowest BCUT2D eigenvalue weighted by atomic mass is 10.1. The van der Waals surface area contributed by atoms with Crippen molar-refractivity contribution >= 4 is 11.9 Å². The van der Waals surface area contributed by atoms with Crippen LogP contribution in [0.15, 0.2) is 18.2 Å². The van der Waals surface area contributed by atoms with Crippen LogP contribution >= 0.6 is 0 Å². The number of tetrazole rings is 1. The first-order valence-electron chi connectivity index (χ1n) is 7.07. The zero-order valence-electron chi connectivity index (χ0n) is 13.0. The normalized spacial score (nSPS) is 11.8. The van der Waals surface area contributed by atoms with Gasteiger partial charge >= 0.3 is 6.03 Å². The molecule has 2 rings (SSSR count). The predicted molar refractivity (Wildman–Crippen MR) is 79.9 cm³/mol. The van der Waals surface area contributed by atoms with Crippen LogP contribution in [-0.4, -0.2) is 38.7 Å². The van der Waals surface area contributed by atoms with Gasteiger partial charge in [0, 0.05) is 12.1 Å². The van der Waals surface area contributed by atoms with Gasteiger partial charge in [0.1, 0.15) is 11.9 Å². The number of nitrogens with one attached hydrogen (secondary N) is 2. The second kappa shape index (κ2) is 6.95. The smallest absolute Gasteiger partial charge is 0.321 e. The molecule has 1 aromatic heterocycles. The van der Waals surface area contributed by atoms with Gasteiger partial charge in [-0.25, -0.2) is 9.18 Å². The molecule has 0 aliphatic rings. The Hall–Kier alpha value is -2.84. The van der Waals surface area contributed by atoms with Crippen molar-refractivity contribution < 1.29 is 14.0 Å². The monoisotopic (exact) mass is 320 g/mol. The Morgan fingerprint density at radius 2 is 2.13 bits per heavy atom. The fraction of sp³-hybridized carbons (Fsp3) is 0.357. The molecule has 0 fully saturated rings. The maximum atomic E-state index is 13.3. The molecule has 1 heterocycles. The van der Waals surface area contributed by atoms with E-state index in [1.165, 1.54) is 19.1 Å². The number of aryl methyl sites for hydroxylation is 1. The fourth-order valence-electron chi connectivity index (χ4n) is 1.81. The molecule has 2 N–H and O–H groups in total. The lowest BCUT2D eigenvalue weighted by Crippen LogP contribution is -2.42. The lowest BCUT2D eigenvalue weighted by Gasteiger charge is -2.09. The van der Waals surface area contributed by atoms with Gasteiger partial charge in [0.05, 0.1) is 0 Å². The van der Waals surface area contributed by atoms with Gasteiger partial charge in [0.25, 0.3) is 5.91 Å². The molecular weight excluding hydrogens is 303 g/mol. The summed E-state index contributed by atoms with van der Waals surface area (Å²) in [7, 11) is 0. The molecule has 0 radical (unpaired) electrons. The molecule has 0 saturated carbocycles. The van der Waals surface area contributed by atoms with Crippen LogP contribution in [0.2, 0.25) is 0 Å². The number of benzene rings is 1. The third-order valence-electron chi connectivity index (χ3n) is 3.14. The van der Waals surface area contributed by atoms with Crippen molar-refractivity contribution in [1.29, 1.82) is 0 Å². The van der Waals surface area contributed by atoms with Crippen molar-refractivity contribution in [2.45, 2.75) is 26.8 Å². The van der Waals surface area contributed by atoms with E-state index >= 15 is 0 Å². The third kappa shape index (κ3) is 3.87. The predicted octanol–water partition coefficient (Wildman–Crippen LogP) is 1.19. The van der Waals surface area contributed by atoms with Crippen LogP contribution in [0.25, 0.3) is 11.4 Å². The Balaban J connectivity index is 2.13. The highest BCUT2D eigenvalue weighted by molar-refractivity contribution is 5.95. The Kier molecular flexibility index (Phi) is 4.99. The average Bonchev–Trinajstić information content (AvgIpc) is 2.99. The molecule has 9 heteroatoms. The van der Waals surface area contributed by atoms with Crippen molar-refractivity contribution in [3.63, 3.8) is 0 Å². The van der Waals surface area contributed by atoms with Crippen LogP contribution < -0.4 is 10.6 Å². The molecule has 122 valence electrons. The standard InChI is InChI=1S/C14H17FN6O2/c1-4-16-14(23)17-13(22)9(3)21-19-12(18-20-21)10-5-6-11(15)8(2)7-10/h5-7,9H,4H2,1-3H3,(H2,16,17,22,23). The fourth-order valence-corrected chi connectivity index (χ4v) is 1.81. The molecule has 0 aliphatic heterocycles. The summed E-state index contributed by atoms with van der Waals surface area (Å²) in [6, 6.07) is 3.04. The minimum Gasteiger partial charge on any atom is -0.338 e. The summed E-state index contributed by atoms with van der Waals surface area (Å²) < 4.78 is 13.3. The van der Waals surface area contributed by atoms with Crippen molar-refractivity contribution in [2.24, 2.45) is 0 Å². The third-order valence-corrected chi connectivity index (χ3v) is 3.14. The van der Waals surface area contributed by atoms with Crippen molar-refractivity contribution in [1.82, 2.24) is 30.8 Å². The van der Waals surface area contributed by atoms with Gasteiger partial charge < -0.3 is 5.32 Å². The molecule has 0 aliphatic carbocycles. The Labute approximate surface area is 132 Å². The summed E-state index contributed by atoms with van der Waals surface area (Å²) in [6.45, 7) is 5.31. The largest absolute Gasteiger partial charge is 0.338 e. The highest BCUT2D eigenvalue weighted by Crippen LogP contribution is 2.18. The second-order valence-corrected chi connectivity index (χ2v) is 4.92. The van der Waals surface area contributed by atoms with Crippen LogP contribution in [0.1, 0.15) is 25.5 Å². The minimum absolute atomic E-state index is 0.269. The van der Waals surface area contributed by atoms with E-state index in [2.05, 4.69) is 26.0 Å². The highest BCUT2D eigenvalue weighted by atomic mass is 19.1. The minimum atomic E-state index is -0.819. The van der Waals surface area contributed by atoms with Gasteiger partial charge in [-0.3, -0.25) is 10.1 Å². The van der Waals surface area contributed by atoms with Crippen LogP contribution in [0.3, 0.4) is 0 Å². The molecule has 1 atom stereocenters. The van der Waals surface area contributed by atoms with Gasteiger partial charge in [0.15, 0.2) is 0 Å². The summed E-state index contributed by atoms with van der Waals surface area (Å²) in [5.41, 5.74) is 1.05. The van der Waals surface area contributed by atoms with E-state index in [0.717, 1.165) is 4.80 Å². The van der Waals surface area contributed by atoms with Crippen LogP contribution in [0.5, 0.6) is 0 Å². The SMILES string of the molecule is CCNC(=O)NC(=O)C(C)n1nnc(-c2ccc(F)c(C)c2)n1. The van der Waals surface area contributed by atoms with E-state index in [4.69, 9.17) is 0 Å². The van der Waals surface area contributed by atoms with Crippen LogP contribution in [-0.2, 0) is 4.79 Å². The number of nitrogens with zero attached hydrogens (tertiary/aromatic N) is 4. The van der Waals surface area contributed by atoms with Crippen LogP contribution in [0.4, 0.5) is 9.18 Å². The number of carbonyl (C=O) groups is 2. The molecule has 0 bridgehead atoms. The molecule has 0 spiro atoms. The van der Waals surface area contributed by atoms with E-state index < -0.39 is 18.0 Å². The van der Waals surface area contributed by atoms with Crippen LogP contribution in [0, 0.1) is 12.7 Å². The first-order valence-corrected chi connectivity index (χ1v) is 7.07. The van der Waals surface area contributed by atoms with Gasteiger partial charge in [-0.15, -0.1) is 10.2 Å². The number of hydrogen-bond acceptors (Lipinski definition) is 5. The quantitative estimate of drug-likeness (QED) is 0.881. The second-order valence-electron chi connectivity index (χ2n) is 4.92. The van der Waals surface area contributed by atoms with E-state index in [1.54, 1.807) is 19.9 Å². The number of urea groups is 1. The molecule has 8 nitrogen and oxygen atoms in total. The van der Waals surface area contributed by atoms with Crippen molar-refractivity contribution in [2.75, 3.05) is 6.54 Å². The zero-order valence-corrected chi connectivity index (χ0v) is 13.0. The van der Waals surface area contributed by atoms with Gasteiger partial charge in [0.2, 0.25) is 5.82 Å². The summed E-state index contributed by atoms with van der Waals surface area (Å²) in [6.07, 6.45) is 0. The summed E-state index contributed by atoms with van der Waals surface area (Å²) >= 11 is 0. The van der Waals surface area contributed by atoms with Gasteiger partial charge in [-0.1, -0.05) is 0 Å². The number of halogens is 1. The molecule has 0 saturated heterocycles. The highest BCUT2D eigenvalue weighted by Gasteiger charge is 2.20. The first kappa shape index (κ1) is 16.5. The number of hydrogen-bond donors (Lipinski definition) is 2. The molecular formula is C14H17FN6O2. The van der Waals surface area contributed by atoms with Gasteiger partial charge in [-0.05, 0) is 49.7 Å². The molecule has 2 aromatic rings. The maximum absolute atomic E-state index is 13.3. The van der Waals surface area contributed by atoms with E-state index in [0.29, 0.717) is 17.7 Å². The Morgan fingerprint density at radius 1 is 1.39 bits per heavy atom.